The molecule has 1 aromatic heterocycles. The van der Waals surface area contributed by atoms with Crippen molar-refractivity contribution in [1.82, 2.24) is 9.97 Å². The highest BCUT2D eigenvalue weighted by molar-refractivity contribution is 6.32. The van der Waals surface area contributed by atoms with Gasteiger partial charge in [0.05, 0.1) is 18.3 Å². The minimum atomic E-state index is -0.278. The normalized spacial score (nSPS) is 17.4. The molecule has 0 unspecified atom stereocenters. The number of rotatable bonds is 6. The van der Waals surface area contributed by atoms with Gasteiger partial charge in [-0.1, -0.05) is 31.4 Å². The zero-order chi connectivity index (χ0) is 13.7. The summed E-state index contributed by atoms with van der Waals surface area (Å²) < 4.78 is 0. The van der Waals surface area contributed by atoms with Crippen molar-refractivity contribution in [3.05, 3.63) is 11.2 Å². The zero-order valence-corrected chi connectivity index (χ0v) is 12.0. The van der Waals surface area contributed by atoms with E-state index in [-0.39, 0.29) is 12.1 Å². The van der Waals surface area contributed by atoms with Crippen molar-refractivity contribution in [3.63, 3.8) is 0 Å². The largest absolute Gasteiger partial charge is 0.394 e. The van der Waals surface area contributed by atoms with Gasteiger partial charge in [-0.2, -0.15) is 4.98 Å². The molecule has 0 radical (unpaired) electrons. The summed E-state index contributed by atoms with van der Waals surface area (Å²) in [5, 5.41) is 16.6. The van der Waals surface area contributed by atoms with E-state index in [9.17, 15) is 5.11 Å². The lowest BCUT2D eigenvalue weighted by atomic mass is 9.99. The molecule has 6 heteroatoms. The van der Waals surface area contributed by atoms with Crippen LogP contribution in [0.15, 0.2) is 6.20 Å². The van der Waals surface area contributed by atoms with Gasteiger partial charge in [-0.15, -0.1) is 0 Å². The van der Waals surface area contributed by atoms with Gasteiger partial charge in [0.15, 0.2) is 5.82 Å². The molecule has 0 bridgehead atoms. The van der Waals surface area contributed by atoms with Gasteiger partial charge in [-0.05, 0) is 19.3 Å². The van der Waals surface area contributed by atoms with Gasteiger partial charge in [0.2, 0.25) is 5.95 Å². The van der Waals surface area contributed by atoms with E-state index >= 15 is 0 Å². The molecule has 0 aromatic carbocycles. The van der Waals surface area contributed by atoms with Gasteiger partial charge < -0.3 is 15.7 Å². The highest BCUT2D eigenvalue weighted by atomic mass is 35.5. The van der Waals surface area contributed by atoms with E-state index in [2.05, 4.69) is 27.5 Å². The molecule has 19 heavy (non-hydrogen) atoms. The van der Waals surface area contributed by atoms with Crippen LogP contribution in [-0.2, 0) is 0 Å². The third kappa shape index (κ3) is 3.48. The summed E-state index contributed by atoms with van der Waals surface area (Å²) in [4.78, 5) is 8.53. The Morgan fingerprint density at radius 1 is 1.42 bits per heavy atom. The van der Waals surface area contributed by atoms with Crippen molar-refractivity contribution in [1.29, 1.82) is 0 Å². The molecule has 106 valence electrons. The van der Waals surface area contributed by atoms with Crippen molar-refractivity contribution in [2.45, 2.75) is 44.6 Å². The Balaban J connectivity index is 2.13. The van der Waals surface area contributed by atoms with Crippen molar-refractivity contribution >= 4 is 23.4 Å². The molecule has 0 saturated heterocycles. The van der Waals surface area contributed by atoms with Crippen LogP contribution in [0.1, 0.15) is 39.0 Å². The van der Waals surface area contributed by atoms with E-state index in [0.29, 0.717) is 16.8 Å². The Labute approximate surface area is 118 Å². The third-order valence-corrected chi connectivity index (χ3v) is 3.80. The minimum Gasteiger partial charge on any atom is -0.394 e. The number of nitrogens with zero attached hydrogens (tertiary/aromatic N) is 2. The van der Waals surface area contributed by atoms with Crippen LogP contribution in [0.5, 0.6) is 0 Å². The van der Waals surface area contributed by atoms with Crippen LogP contribution < -0.4 is 10.6 Å². The van der Waals surface area contributed by atoms with E-state index in [1.807, 2.05) is 0 Å². The first-order valence-electron chi connectivity index (χ1n) is 6.84. The Morgan fingerprint density at radius 3 is 2.79 bits per heavy atom. The number of anilines is 2. The number of nitrogens with one attached hydrogen (secondary N) is 2. The minimum absolute atomic E-state index is 0.102. The van der Waals surface area contributed by atoms with Crippen LogP contribution in [0.4, 0.5) is 11.8 Å². The molecule has 1 heterocycles. The molecule has 1 fully saturated rings. The van der Waals surface area contributed by atoms with Crippen molar-refractivity contribution in [2.75, 3.05) is 23.8 Å². The fourth-order valence-corrected chi connectivity index (χ4v) is 2.54. The quantitative estimate of drug-likeness (QED) is 0.749. The molecule has 0 amide bonds. The zero-order valence-electron chi connectivity index (χ0n) is 11.2. The molecule has 2 rings (SSSR count). The predicted molar refractivity (Wildman–Crippen MR) is 77.7 cm³/mol. The number of aliphatic hydroxyl groups is 1. The van der Waals surface area contributed by atoms with Crippen LogP contribution in [0.25, 0.3) is 0 Å². The Kier molecular flexibility index (Phi) is 4.82. The summed E-state index contributed by atoms with van der Waals surface area (Å²) in [5.74, 6) is 1.17. The molecule has 0 atom stereocenters. The maximum atomic E-state index is 9.61. The molecule has 1 aromatic rings. The number of halogens is 1. The topological polar surface area (TPSA) is 70.1 Å². The van der Waals surface area contributed by atoms with Gasteiger partial charge in [0, 0.05) is 6.54 Å². The molecule has 3 N–H and O–H groups in total. The summed E-state index contributed by atoms with van der Waals surface area (Å²) >= 11 is 6.13. The van der Waals surface area contributed by atoms with Crippen LogP contribution in [0.2, 0.25) is 5.02 Å². The van der Waals surface area contributed by atoms with Gasteiger partial charge in [0.25, 0.3) is 0 Å². The molecule has 1 aliphatic rings. The molecular formula is C13H21ClN4O. The van der Waals surface area contributed by atoms with Crippen LogP contribution in [-0.4, -0.2) is 33.8 Å². The highest BCUT2D eigenvalue weighted by Crippen LogP contribution is 2.34. The SMILES string of the molecule is CCCNc1ncc(Cl)c(NC2(CO)CCCC2)n1. The van der Waals surface area contributed by atoms with E-state index in [4.69, 9.17) is 11.6 Å². The van der Waals surface area contributed by atoms with E-state index < -0.39 is 0 Å². The third-order valence-electron chi connectivity index (χ3n) is 3.52. The second kappa shape index (κ2) is 6.39. The number of hydrogen-bond donors (Lipinski definition) is 3. The molecule has 1 aliphatic carbocycles. The molecular weight excluding hydrogens is 264 g/mol. The average molecular weight is 285 g/mol. The lowest BCUT2D eigenvalue weighted by Gasteiger charge is -2.29. The summed E-state index contributed by atoms with van der Waals surface area (Å²) in [6.45, 7) is 3.01. The van der Waals surface area contributed by atoms with Crippen LogP contribution >= 0.6 is 11.6 Å². The first-order valence-corrected chi connectivity index (χ1v) is 7.22. The van der Waals surface area contributed by atoms with Crippen molar-refractivity contribution in [3.8, 4) is 0 Å². The van der Waals surface area contributed by atoms with Gasteiger partial charge in [-0.25, -0.2) is 4.98 Å². The van der Waals surface area contributed by atoms with Gasteiger partial charge in [0.1, 0.15) is 5.02 Å². The van der Waals surface area contributed by atoms with Gasteiger partial charge in [-0.3, -0.25) is 0 Å². The highest BCUT2D eigenvalue weighted by Gasteiger charge is 2.34. The lowest BCUT2D eigenvalue weighted by Crippen LogP contribution is -2.39. The summed E-state index contributed by atoms with van der Waals surface area (Å²) in [7, 11) is 0. The maximum absolute atomic E-state index is 9.61. The Morgan fingerprint density at radius 2 is 2.16 bits per heavy atom. The standard InChI is InChI=1S/C13H21ClN4O/c1-2-7-15-12-16-8-10(14)11(17-12)18-13(9-19)5-3-4-6-13/h8,19H,2-7,9H2,1H3,(H2,15,16,17,18). The second-order valence-electron chi connectivity index (χ2n) is 5.09. The monoisotopic (exact) mass is 284 g/mol. The number of hydrogen-bond acceptors (Lipinski definition) is 5. The van der Waals surface area contributed by atoms with Crippen molar-refractivity contribution < 1.29 is 5.11 Å². The van der Waals surface area contributed by atoms with E-state index in [1.54, 1.807) is 6.20 Å². The fraction of sp³-hybridized carbons (Fsp3) is 0.692. The lowest BCUT2D eigenvalue weighted by molar-refractivity contribution is 0.214. The predicted octanol–water partition coefficient (Wildman–Crippen LogP) is 2.67. The Hall–Kier alpha value is -1.07. The molecule has 5 nitrogen and oxygen atoms in total. The van der Waals surface area contributed by atoms with Crippen LogP contribution in [0.3, 0.4) is 0 Å². The van der Waals surface area contributed by atoms with E-state index in [0.717, 1.165) is 38.6 Å². The summed E-state index contributed by atoms with van der Waals surface area (Å²) in [5.41, 5.74) is -0.278. The molecule has 0 aliphatic heterocycles. The summed E-state index contributed by atoms with van der Waals surface area (Å²) in [6.07, 6.45) is 6.74. The Bertz CT molecular complexity index is 421. The van der Waals surface area contributed by atoms with Crippen molar-refractivity contribution in [2.24, 2.45) is 0 Å². The fourth-order valence-electron chi connectivity index (χ4n) is 2.40. The number of aromatic nitrogens is 2. The smallest absolute Gasteiger partial charge is 0.224 e. The van der Waals surface area contributed by atoms with E-state index in [1.165, 1.54) is 0 Å². The second-order valence-corrected chi connectivity index (χ2v) is 5.49. The van der Waals surface area contributed by atoms with Gasteiger partial charge >= 0.3 is 0 Å². The van der Waals surface area contributed by atoms with Crippen LogP contribution in [0, 0.1) is 0 Å². The first kappa shape index (κ1) is 14.3. The molecule has 0 spiro atoms. The number of aliphatic hydroxyl groups excluding tert-OH is 1. The first-order chi connectivity index (χ1) is 9.19. The average Bonchev–Trinajstić information content (AvgIpc) is 2.89. The maximum Gasteiger partial charge on any atom is 0.224 e. The summed E-state index contributed by atoms with van der Waals surface area (Å²) in [6, 6.07) is 0. The molecule has 1 saturated carbocycles.